The summed E-state index contributed by atoms with van der Waals surface area (Å²) in [5.41, 5.74) is 5.48. The van der Waals surface area contributed by atoms with E-state index in [2.05, 4.69) is 4.18 Å². The summed E-state index contributed by atoms with van der Waals surface area (Å²) in [6.45, 7) is 6.81. The molecule has 5 fully saturated rings. The first-order chi connectivity index (χ1) is 39.7. The second kappa shape index (κ2) is 31.7. The lowest BCUT2D eigenvalue weighted by atomic mass is 9.86. The molecule has 0 bridgehead atoms. The van der Waals surface area contributed by atoms with Gasteiger partial charge in [0.2, 0.25) is 0 Å². The first kappa shape index (κ1) is 73.5. The monoisotopic (exact) mass is 1320 g/mol. The van der Waals surface area contributed by atoms with Crippen LogP contribution in [0, 0.1) is 11.8 Å². The van der Waals surface area contributed by atoms with Crippen molar-refractivity contribution >= 4 is 53.5 Å². The Hall–Kier alpha value is -2.26. The number of carbonyl (C=O) groups is 2. The van der Waals surface area contributed by atoms with Gasteiger partial charge in [0.05, 0.1) is 56.9 Å². The first-order valence-electron chi connectivity index (χ1n) is 26.2. The summed E-state index contributed by atoms with van der Waals surface area (Å²) in [5, 5.41) is 21.4. The van der Waals surface area contributed by atoms with Crippen molar-refractivity contribution in [3.63, 3.8) is 0 Å². The number of ether oxygens (including phenoxy) is 16. The minimum atomic E-state index is -5.81. The third-order valence-electron chi connectivity index (χ3n) is 14.5. The largest absolute Gasteiger partial charge is 0.479 e. The summed E-state index contributed by atoms with van der Waals surface area (Å²) in [6.07, 6.45) is -39.5. The van der Waals surface area contributed by atoms with Crippen molar-refractivity contribution < 1.29 is 164 Å². The van der Waals surface area contributed by atoms with E-state index in [1.165, 1.54) is 41.9 Å². The van der Waals surface area contributed by atoms with Gasteiger partial charge in [0.25, 0.3) is 0 Å². The van der Waals surface area contributed by atoms with Gasteiger partial charge in [-0.1, -0.05) is 27.7 Å². The molecule has 37 nitrogen and oxygen atoms in total. The Bertz CT molecular complexity index is 2590. The molecule has 0 unspecified atom stereocenters. The minimum Gasteiger partial charge on any atom is -0.479 e. The molecule has 498 valence electrons. The Morgan fingerprint density at radius 3 is 1.34 bits per heavy atom. The summed E-state index contributed by atoms with van der Waals surface area (Å²) in [5.74, 6) is -5.55. The van der Waals surface area contributed by atoms with Gasteiger partial charge in [0.1, 0.15) is 67.1 Å². The highest BCUT2D eigenvalue weighted by atomic mass is 32.3. The van der Waals surface area contributed by atoms with E-state index >= 15 is 0 Å². The summed E-state index contributed by atoms with van der Waals surface area (Å²) in [4.78, 5) is 26.4. The van der Waals surface area contributed by atoms with Crippen LogP contribution in [0.1, 0.15) is 47.5 Å². The lowest BCUT2D eigenvalue weighted by Gasteiger charge is -2.51. The normalized spacial score (nSPS) is 39.8. The molecule has 5 rings (SSSR count). The summed E-state index contributed by atoms with van der Waals surface area (Å²) < 4.78 is 252. The lowest BCUT2D eigenvalue weighted by Crippen LogP contribution is -2.69. The van der Waals surface area contributed by atoms with Crippen LogP contribution >= 0.6 is 0 Å². The second-order valence-electron chi connectivity index (χ2n) is 19.8. The van der Waals surface area contributed by atoms with Gasteiger partial charge in [-0.05, 0) is 19.8 Å². The molecule has 0 aromatic rings. The number of carboxylic acids is 2. The van der Waals surface area contributed by atoms with Crippen LogP contribution in [0.3, 0.4) is 0 Å². The van der Waals surface area contributed by atoms with Crippen molar-refractivity contribution in [2.45, 2.75) is 189 Å². The molecule has 5 aliphatic heterocycles. The van der Waals surface area contributed by atoms with Crippen molar-refractivity contribution in [1.82, 2.24) is 0 Å². The van der Waals surface area contributed by atoms with Crippen LogP contribution in [-0.4, -0.2) is 284 Å². The maximum atomic E-state index is 13.3. The molecule has 0 aliphatic carbocycles. The highest BCUT2D eigenvalue weighted by Crippen LogP contribution is 2.42. The lowest BCUT2D eigenvalue weighted by molar-refractivity contribution is -0.384. The molecule has 5 heterocycles. The highest BCUT2D eigenvalue weighted by molar-refractivity contribution is 7.81. The Kier molecular flexibility index (Phi) is 27.4. The van der Waals surface area contributed by atoms with Crippen LogP contribution in [0.4, 0.5) is 0 Å². The van der Waals surface area contributed by atoms with Crippen molar-refractivity contribution in [2.75, 3.05) is 68.5 Å². The number of hydrogen-bond acceptors (Lipinski definition) is 31. The number of hydrogen-bond donors (Lipinski definition) is 7. The molecule has 25 atom stereocenters. The zero-order valence-corrected chi connectivity index (χ0v) is 50.8. The van der Waals surface area contributed by atoms with E-state index in [-0.39, 0.29) is 39.2 Å². The number of nitrogens with two attached hydrogens (primary N) is 1. The van der Waals surface area contributed by atoms with E-state index in [1.54, 1.807) is 6.92 Å². The van der Waals surface area contributed by atoms with E-state index in [4.69, 9.17) is 94.1 Å². The third kappa shape index (κ3) is 19.4. The first-order valence-corrected chi connectivity index (χ1v) is 31.6. The smallest absolute Gasteiger partial charge is 0.397 e. The Morgan fingerprint density at radius 2 is 0.859 bits per heavy atom. The zero-order chi connectivity index (χ0) is 63.7. The molecular formula is C44H77NO36S4. The van der Waals surface area contributed by atoms with Gasteiger partial charge in [-0.25, -0.2) is 26.3 Å². The molecule has 5 saturated heterocycles. The van der Waals surface area contributed by atoms with Gasteiger partial charge in [-0.2, -0.15) is 33.7 Å². The van der Waals surface area contributed by atoms with Crippen LogP contribution in [0.2, 0.25) is 0 Å². The fourth-order valence-corrected chi connectivity index (χ4v) is 12.8. The van der Waals surface area contributed by atoms with Crippen LogP contribution in [-0.2, 0) is 144 Å². The van der Waals surface area contributed by atoms with Crippen molar-refractivity contribution in [1.29, 1.82) is 0 Å². The Balaban J connectivity index is 1.49. The topological polar surface area (TPSA) is 503 Å². The molecule has 8 N–H and O–H groups in total. The van der Waals surface area contributed by atoms with Gasteiger partial charge >= 0.3 is 53.5 Å². The summed E-state index contributed by atoms with van der Waals surface area (Å²) >= 11 is 0. The molecule has 0 saturated carbocycles. The van der Waals surface area contributed by atoms with Gasteiger partial charge in [-0.3, -0.25) is 18.2 Å². The van der Waals surface area contributed by atoms with Crippen LogP contribution < -0.4 is 5.73 Å². The SMILES string of the molecule is CC[C@H]1O[C@H](C)[C@H](OS(=O)(=O)O)[C@@H](C)[C@@H]1O[C@@H]1O[C@@H](C(=O)O)[C@@H](O[C@H]2O[C@H](CC)[C@@H](O[C@@H]3O[C@H](C(=O)O)[C@@H](O[C@H]4O[C@H](COS(=O)(=O)O)[C@@H](OCCOCCN)[C@H](OC)[C@H]4OC)[C@H](OC)[C@H]3OC)[C@H](OS(=O)(=O)O)[C@H]2OS(=O)(=O)O)[C@H](OC)[C@H]1C. The van der Waals surface area contributed by atoms with Gasteiger partial charge in [0.15, 0.2) is 43.5 Å². The molecule has 0 radical (unpaired) electrons. The molecule has 0 aromatic heterocycles. The predicted octanol–water partition coefficient (Wildman–Crippen LogP) is -2.71. The number of carboxylic acid groups (broad SMARTS) is 2. The molecule has 41 heteroatoms. The van der Waals surface area contributed by atoms with E-state index in [9.17, 15) is 71.7 Å². The maximum Gasteiger partial charge on any atom is 0.397 e. The minimum absolute atomic E-state index is 0.0147. The zero-order valence-electron chi connectivity index (χ0n) is 47.5. The molecule has 85 heavy (non-hydrogen) atoms. The van der Waals surface area contributed by atoms with Gasteiger partial charge < -0.3 is 91.7 Å². The fourth-order valence-electron chi connectivity index (χ4n) is 10.9. The van der Waals surface area contributed by atoms with Gasteiger partial charge in [-0.15, -0.1) is 0 Å². The van der Waals surface area contributed by atoms with E-state index < -0.39 is 213 Å². The summed E-state index contributed by atoms with van der Waals surface area (Å²) in [7, 11) is -16.1. The standard InChI is InChI=1S/C44H77NO36S4/c1-11-21-25(18(3)24(20(5)70-21)79-83(53,54)55)73-41-19(4)26(62-6)31(34(77-41)39(46)47)75-44-38(81-85(59,60)61)33(80-84(56,57)58)28(22(12-2)71-44)74-43-37(66-10)30(64-8)32(35(78-43)40(48)49)76-42-36(65-9)29(63-7)27(68-16-15-67-14-13-45)23(72-42)17-69-82(50,51)52/h18-38,41-44H,11-17,45H2,1-10H3,(H,46,47)(H,48,49)(H,50,51,52)(H,53,54,55)(H,56,57,58)(H,59,60,61)/t18-,19-,20-,21-,22-,23-,24-,25+,26-,27-,28-,29+,30+,31+,32+,33+,34-,35+,36-,37-,38-,41-,42-,43-,44-/m1/s1. The number of rotatable bonds is 32. The number of methoxy groups -OCH3 is 5. The second-order valence-corrected chi connectivity index (χ2v) is 24.1. The molecular weight excluding hydrogens is 1250 g/mol. The molecule has 5 aliphatic rings. The van der Waals surface area contributed by atoms with E-state index in [0.717, 1.165) is 21.3 Å². The average Bonchev–Trinajstić information content (AvgIpc) is 2.10. The van der Waals surface area contributed by atoms with Crippen molar-refractivity contribution in [2.24, 2.45) is 17.6 Å². The molecule has 0 amide bonds. The van der Waals surface area contributed by atoms with E-state index in [1.807, 2.05) is 0 Å². The Morgan fingerprint density at radius 1 is 0.435 bits per heavy atom. The van der Waals surface area contributed by atoms with Crippen molar-refractivity contribution in [3.05, 3.63) is 0 Å². The fraction of sp³-hybridized carbons (Fsp3) is 0.955. The maximum absolute atomic E-state index is 13.3. The van der Waals surface area contributed by atoms with Gasteiger partial charge in [0, 0.05) is 53.9 Å². The Labute approximate surface area is 490 Å². The third-order valence-corrected chi connectivity index (χ3v) is 16.3. The molecule has 0 spiro atoms. The van der Waals surface area contributed by atoms with Crippen LogP contribution in [0.15, 0.2) is 0 Å². The predicted molar refractivity (Wildman–Crippen MR) is 273 cm³/mol. The van der Waals surface area contributed by atoms with Crippen LogP contribution in [0.25, 0.3) is 0 Å². The van der Waals surface area contributed by atoms with Crippen molar-refractivity contribution in [3.8, 4) is 0 Å². The van der Waals surface area contributed by atoms with E-state index in [0.29, 0.717) is 0 Å². The number of aliphatic carboxylic acids is 2. The highest BCUT2D eigenvalue weighted by Gasteiger charge is 2.61. The average molecular weight is 1320 g/mol. The molecule has 0 aromatic carbocycles. The quantitative estimate of drug-likeness (QED) is 0.0266. The van der Waals surface area contributed by atoms with Crippen LogP contribution in [0.5, 0.6) is 0 Å². The summed E-state index contributed by atoms with van der Waals surface area (Å²) in [6, 6.07) is 0.